The fourth-order valence-corrected chi connectivity index (χ4v) is 2.21. The van der Waals surface area contributed by atoms with Crippen molar-refractivity contribution in [1.29, 1.82) is 0 Å². The molecule has 0 aromatic rings. The molecule has 0 saturated carbocycles. The van der Waals surface area contributed by atoms with Crippen LogP contribution in [0, 0.1) is 5.92 Å². The molecule has 1 rings (SSSR count). The molecule has 1 N–H and O–H groups in total. The molecule has 0 unspecified atom stereocenters. The van der Waals surface area contributed by atoms with Crippen LogP contribution in [0.5, 0.6) is 0 Å². The molecule has 1 saturated heterocycles. The van der Waals surface area contributed by atoms with E-state index >= 15 is 0 Å². The van der Waals surface area contributed by atoms with E-state index in [4.69, 9.17) is 4.74 Å². The number of methoxy groups -OCH3 is 1. The van der Waals surface area contributed by atoms with Crippen LogP contribution in [0.1, 0.15) is 40.0 Å². The van der Waals surface area contributed by atoms with Crippen molar-refractivity contribution >= 4 is 12.1 Å². The first-order valence-electron chi connectivity index (χ1n) is 6.95. The summed E-state index contributed by atoms with van der Waals surface area (Å²) in [7, 11) is 1.35. The Morgan fingerprint density at radius 3 is 2.50 bits per heavy atom. The fraction of sp³-hybridized carbons (Fsp3) is 0.857. The van der Waals surface area contributed by atoms with Crippen LogP contribution in [0.3, 0.4) is 0 Å². The normalized spacial score (nSPS) is 23.4. The summed E-state index contributed by atoms with van der Waals surface area (Å²) >= 11 is 0. The third-order valence-corrected chi connectivity index (χ3v) is 3.32. The second-order valence-corrected chi connectivity index (χ2v) is 6.16. The number of aliphatic hydroxyl groups is 1. The first kappa shape index (κ1) is 16.8. The van der Waals surface area contributed by atoms with Gasteiger partial charge in [0.1, 0.15) is 5.60 Å². The van der Waals surface area contributed by atoms with Gasteiger partial charge in [0, 0.05) is 13.0 Å². The molecule has 1 amide bonds. The molecule has 1 aliphatic heterocycles. The lowest BCUT2D eigenvalue weighted by Gasteiger charge is -2.36. The van der Waals surface area contributed by atoms with Crippen LogP contribution in [0.4, 0.5) is 4.79 Å². The summed E-state index contributed by atoms with van der Waals surface area (Å²) in [6.07, 6.45) is 0.516. The summed E-state index contributed by atoms with van der Waals surface area (Å²) in [5.74, 6) is -0.250. The quantitative estimate of drug-likeness (QED) is 0.797. The Morgan fingerprint density at radius 1 is 1.35 bits per heavy atom. The molecule has 1 fully saturated rings. The molecule has 0 aromatic heterocycles. The Bertz CT molecular complexity index is 350. The first-order valence-corrected chi connectivity index (χ1v) is 6.95. The highest BCUT2D eigenvalue weighted by Gasteiger charge is 2.32. The zero-order valence-electron chi connectivity index (χ0n) is 12.7. The lowest BCUT2D eigenvalue weighted by Crippen LogP contribution is -2.48. The minimum absolute atomic E-state index is 0.0211. The smallest absolute Gasteiger partial charge is 0.410 e. The van der Waals surface area contributed by atoms with Gasteiger partial charge in [-0.05, 0) is 39.5 Å². The number of hydrogen-bond acceptors (Lipinski definition) is 5. The Morgan fingerprint density at radius 2 is 2.00 bits per heavy atom. The molecule has 6 nitrogen and oxygen atoms in total. The van der Waals surface area contributed by atoms with Gasteiger partial charge in [0.05, 0.1) is 19.8 Å². The molecule has 1 aliphatic rings. The van der Waals surface area contributed by atoms with Gasteiger partial charge in [-0.2, -0.15) is 0 Å². The van der Waals surface area contributed by atoms with Gasteiger partial charge in [0.2, 0.25) is 0 Å². The number of carbonyl (C=O) groups is 2. The molecule has 0 aromatic carbocycles. The van der Waals surface area contributed by atoms with Gasteiger partial charge < -0.3 is 19.5 Å². The second kappa shape index (κ2) is 6.92. The largest absolute Gasteiger partial charge is 0.469 e. The predicted molar refractivity (Wildman–Crippen MR) is 73.2 cm³/mol. The number of esters is 1. The van der Waals surface area contributed by atoms with Crippen molar-refractivity contribution < 1.29 is 24.2 Å². The molecule has 2 atom stereocenters. The van der Waals surface area contributed by atoms with Gasteiger partial charge in [-0.25, -0.2) is 4.79 Å². The summed E-state index contributed by atoms with van der Waals surface area (Å²) in [6.45, 7) is 6.22. The van der Waals surface area contributed by atoms with Crippen LogP contribution in [-0.4, -0.2) is 54.0 Å². The Kier molecular flexibility index (Phi) is 5.80. The van der Waals surface area contributed by atoms with Gasteiger partial charge in [-0.1, -0.05) is 0 Å². The molecule has 1 heterocycles. The Labute approximate surface area is 120 Å². The van der Waals surface area contributed by atoms with Crippen molar-refractivity contribution in [1.82, 2.24) is 4.90 Å². The number of aliphatic hydroxyl groups excluding tert-OH is 1. The molecule has 6 heteroatoms. The zero-order chi connectivity index (χ0) is 15.3. The number of nitrogens with zero attached hydrogens (tertiary/aromatic N) is 1. The Hall–Kier alpha value is -1.30. The van der Waals surface area contributed by atoms with Crippen LogP contribution in [-0.2, 0) is 14.3 Å². The van der Waals surface area contributed by atoms with Gasteiger partial charge in [-0.15, -0.1) is 0 Å². The number of β-amino-alcohol motifs (C(OH)–C–C–N with tert-alkyl or cyclic N) is 1. The molecular weight excluding hydrogens is 262 g/mol. The monoisotopic (exact) mass is 287 g/mol. The van der Waals surface area contributed by atoms with E-state index in [2.05, 4.69) is 4.74 Å². The molecule has 0 bridgehead atoms. The van der Waals surface area contributed by atoms with Crippen LogP contribution < -0.4 is 0 Å². The SMILES string of the molecule is COC(=O)CC[C@H]1CCN(C(=O)OC(C)(C)C)C[C@H]1O. The summed E-state index contributed by atoms with van der Waals surface area (Å²) in [5.41, 5.74) is -0.538. The van der Waals surface area contributed by atoms with E-state index in [0.717, 1.165) is 0 Å². The molecule has 0 aliphatic carbocycles. The lowest BCUT2D eigenvalue weighted by molar-refractivity contribution is -0.141. The summed E-state index contributed by atoms with van der Waals surface area (Å²) in [6, 6.07) is 0. The van der Waals surface area contributed by atoms with E-state index in [-0.39, 0.29) is 18.4 Å². The van der Waals surface area contributed by atoms with E-state index < -0.39 is 17.8 Å². The van der Waals surface area contributed by atoms with Crippen molar-refractivity contribution in [3.05, 3.63) is 0 Å². The molecular formula is C14H25NO5. The topological polar surface area (TPSA) is 76.1 Å². The summed E-state index contributed by atoms with van der Waals surface area (Å²) in [5, 5.41) is 10.1. The van der Waals surface area contributed by atoms with Crippen LogP contribution in [0.2, 0.25) is 0 Å². The predicted octanol–water partition coefficient (Wildman–Crippen LogP) is 1.56. The van der Waals surface area contributed by atoms with E-state index in [0.29, 0.717) is 25.8 Å². The minimum Gasteiger partial charge on any atom is -0.469 e. The number of hydrogen-bond donors (Lipinski definition) is 1. The molecule has 0 spiro atoms. The van der Waals surface area contributed by atoms with Crippen LogP contribution in [0.25, 0.3) is 0 Å². The molecule has 20 heavy (non-hydrogen) atoms. The van der Waals surface area contributed by atoms with Gasteiger partial charge >= 0.3 is 12.1 Å². The third kappa shape index (κ3) is 5.36. The number of piperidine rings is 1. The summed E-state index contributed by atoms with van der Waals surface area (Å²) in [4.78, 5) is 24.5. The number of rotatable bonds is 3. The average Bonchev–Trinajstić information content (AvgIpc) is 2.34. The molecule has 116 valence electrons. The van der Waals surface area contributed by atoms with E-state index in [9.17, 15) is 14.7 Å². The first-order chi connectivity index (χ1) is 9.23. The van der Waals surface area contributed by atoms with Crippen LogP contribution in [0.15, 0.2) is 0 Å². The maximum atomic E-state index is 11.9. The highest BCUT2D eigenvalue weighted by atomic mass is 16.6. The van der Waals surface area contributed by atoms with Crippen LogP contribution >= 0.6 is 0 Å². The maximum Gasteiger partial charge on any atom is 0.410 e. The van der Waals surface area contributed by atoms with Crippen molar-refractivity contribution in [2.24, 2.45) is 5.92 Å². The number of carbonyl (C=O) groups excluding carboxylic acids is 2. The number of likely N-dealkylation sites (tertiary alicyclic amines) is 1. The molecule has 0 radical (unpaired) electrons. The van der Waals surface area contributed by atoms with Gasteiger partial charge in [-0.3, -0.25) is 4.79 Å². The minimum atomic E-state index is -0.624. The number of amides is 1. The highest BCUT2D eigenvalue weighted by Crippen LogP contribution is 2.24. The van der Waals surface area contributed by atoms with E-state index in [1.54, 1.807) is 0 Å². The van der Waals surface area contributed by atoms with Crippen molar-refractivity contribution in [2.75, 3.05) is 20.2 Å². The van der Waals surface area contributed by atoms with E-state index in [1.165, 1.54) is 12.0 Å². The highest BCUT2D eigenvalue weighted by molar-refractivity contribution is 5.69. The standard InChI is InChI=1S/C14H25NO5/c1-14(2,3)20-13(18)15-8-7-10(11(16)9-15)5-6-12(17)19-4/h10-11,16H,5-9H2,1-4H3/t10-,11+/m0/s1. The Balaban J connectivity index is 2.43. The van der Waals surface area contributed by atoms with Gasteiger partial charge in [0.25, 0.3) is 0 Å². The third-order valence-electron chi connectivity index (χ3n) is 3.32. The zero-order valence-corrected chi connectivity index (χ0v) is 12.7. The number of ether oxygens (including phenoxy) is 2. The van der Waals surface area contributed by atoms with Crippen molar-refractivity contribution in [3.8, 4) is 0 Å². The van der Waals surface area contributed by atoms with E-state index in [1.807, 2.05) is 20.8 Å². The fourth-order valence-electron chi connectivity index (χ4n) is 2.21. The maximum absolute atomic E-state index is 11.9. The van der Waals surface area contributed by atoms with Crippen molar-refractivity contribution in [2.45, 2.75) is 51.7 Å². The average molecular weight is 287 g/mol. The second-order valence-electron chi connectivity index (χ2n) is 6.16. The van der Waals surface area contributed by atoms with Gasteiger partial charge in [0.15, 0.2) is 0 Å². The van der Waals surface area contributed by atoms with Crippen molar-refractivity contribution in [3.63, 3.8) is 0 Å². The summed E-state index contributed by atoms with van der Waals surface area (Å²) < 4.78 is 9.86. The lowest BCUT2D eigenvalue weighted by atomic mass is 9.90.